The molecule has 0 bridgehead atoms. The van der Waals surface area contributed by atoms with Gasteiger partial charge in [0.15, 0.2) is 15.1 Å². The first kappa shape index (κ1) is 16.5. The van der Waals surface area contributed by atoms with Gasteiger partial charge in [0, 0.05) is 0 Å². The zero-order valence-electron chi connectivity index (χ0n) is 12.4. The molecule has 1 aliphatic rings. The lowest BCUT2D eigenvalue weighted by atomic mass is 10.4. The van der Waals surface area contributed by atoms with Crippen LogP contribution in [0.3, 0.4) is 0 Å². The van der Waals surface area contributed by atoms with Crippen LogP contribution in [0.5, 0.6) is 0 Å². The van der Waals surface area contributed by atoms with E-state index in [1.807, 2.05) is 0 Å². The van der Waals surface area contributed by atoms with Crippen LogP contribution in [0, 0.1) is 30.3 Å². The second kappa shape index (κ2) is 6.29. The van der Waals surface area contributed by atoms with Crippen molar-refractivity contribution in [1.29, 1.82) is 0 Å². The molecule has 0 aromatic heterocycles. The number of rotatable bonds is 6. The topological polar surface area (TPSA) is 175 Å². The molecule has 3 N–H and O–H groups in total. The maximum absolute atomic E-state index is 11.2. The average Bonchev–Trinajstić information content (AvgIpc) is 2.42. The summed E-state index contributed by atoms with van der Waals surface area (Å²) in [6.45, 7) is 0. The first-order valence-corrected chi connectivity index (χ1v) is 5.61. The van der Waals surface area contributed by atoms with Crippen molar-refractivity contribution in [2.45, 2.75) is 18.9 Å². The van der Waals surface area contributed by atoms with E-state index in [0.717, 1.165) is 0 Å². The predicted octanol–water partition coefficient (Wildman–Crippen LogP) is -2.90. The third-order valence-electron chi connectivity index (χ3n) is 2.84. The van der Waals surface area contributed by atoms with Gasteiger partial charge >= 0.3 is 1.43 Å². The number of nitrogens with zero attached hydrogens (tertiary/aromatic N) is 6. The van der Waals surface area contributed by atoms with Crippen molar-refractivity contribution in [2.24, 2.45) is 0 Å². The summed E-state index contributed by atoms with van der Waals surface area (Å²) in [5, 5.41) is 38.8. The molecular weight excluding hydrogens is 294 g/mol. The van der Waals surface area contributed by atoms with Gasteiger partial charge in [-0.1, -0.05) is 0 Å². The van der Waals surface area contributed by atoms with E-state index in [4.69, 9.17) is 0 Å². The van der Waals surface area contributed by atoms with E-state index in [-0.39, 0.29) is 1.43 Å². The van der Waals surface area contributed by atoms with Gasteiger partial charge in [0.05, 0.1) is 0 Å². The summed E-state index contributed by atoms with van der Waals surface area (Å²) < 4.78 is 0. The molecule has 15 nitrogen and oxygen atoms in total. The Morgan fingerprint density at radius 1 is 0.714 bits per heavy atom. The van der Waals surface area contributed by atoms with Crippen molar-refractivity contribution in [3.63, 3.8) is 0 Å². The molecule has 1 heterocycles. The molecule has 21 heavy (non-hydrogen) atoms. The summed E-state index contributed by atoms with van der Waals surface area (Å²) in [6.07, 6.45) is -4.54. The summed E-state index contributed by atoms with van der Waals surface area (Å²) in [4.78, 5) is 33.5. The van der Waals surface area contributed by atoms with Crippen molar-refractivity contribution < 1.29 is 16.5 Å². The number of hydrogen-bond acceptors (Lipinski definition) is 9. The monoisotopic (exact) mass is 310 g/mol. The van der Waals surface area contributed by atoms with Crippen molar-refractivity contribution in [1.82, 2.24) is 31.0 Å². The summed E-state index contributed by atoms with van der Waals surface area (Å²) in [5.74, 6) is 0. The van der Waals surface area contributed by atoms with Crippen LogP contribution in [0.1, 0.15) is 1.43 Å². The fraction of sp³-hybridized carbons (Fsp3) is 1.00. The van der Waals surface area contributed by atoms with E-state index in [9.17, 15) is 30.3 Å². The minimum Gasteiger partial charge on any atom is -0.274 e. The van der Waals surface area contributed by atoms with Crippen molar-refractivity contribution >= 4 is 0 Å². The van der Waals surface area contributed by atoms with Gasteiger partial charge in [-0.2, -0.15) is 0 Å². The van der Waals surface area contributed by atoms with Gasteiger partial charge in [-0.25, -0.2) is 30.3 Å². The van der Waals surface area contributed by atoms with Crippen LogP contribution in [0.25, 0.3) is 0 Å². The molecule has 0 spiro atoms. The molecule has 1 rings (SSSR count). The molecule has 0 amide bonds. The van der Waals surface area contributed by atoms with Crippen LogP contribution in [-0.4, -0.2) is 70.1 Å². The Balaban J connectivity index is 0.00000441. The van der Waals surface area contributed by atoms with Crippen LogP contribution in [0.2, 0.25) is 0 Å². The molecule has 0 unspecified atom stereocenters. The van der Waals surface area contributed by atoms with Crippen molar-refractivity contribution in [3.05, 3.63) is 30.3 Å². The van der Waals surface area contributed by atoms with E-state index in [2.05, 4.69) is 16.0 Å². The highest BCUT2D eigenvalue weighted by Gasteiger charge is 2.60. The zero-order chi connectivity index (χ0) is 16.3. The fourth-order valence-corrected chi connectivity index (χ4v) is 2.09. The summed E-state index contributed by atoms with van der Waals surface area (Å²) in [6, 6.07) is 0. The van der Waals surface area contributed by atoms with Gasteiger partial charge in [-0.05, 0) is 36.2 Å². The van der Waals surface area contributed by atoms with E-state index in [1.165, 1.54) is 21.1 Å². The van der Waals surface area contributed by atoms with Gasteiger partial charge in [0.25, 0.3) is 18.9 Å². The molecule has 0 saturated carbocycles. The average molecular weight is 310 g/mol. The quantitative estimate of drug-likeness (QED) is 0.337. The Hall–Kier alpha value is -2.52. The normalized spacial score (nSPS) is 25.9. The van der Waals surface area contributed by atoms with E-state index < -0.39 is 34.0 Å². The standard InChI is InChI=1S/C6H15N9O6/c1-7-4-10(13(16)17)5(8-2)12(15(20)21)6(9-3)11(4)14(18)19/h4-9H,1-3H3/p+1. The largest absolute Gasteiger partial charge is 1.00 e. The summed E-state index contributed by atoms with van der Waals surface area (Å²) >= 11 is 0. The predicted molar refractivity (Wildman–Crippen MR) is 66.2 cm³/mol. The van der Waals surface area contributed by atoms with Crippen LogP contribution >= 0.6 is 0 Å². The summed E-state index contributed by atoms with van der Waals surface area (Å²) in [5.41, 5.74) is 0. The second-order valence-corrected chi connectivity index (χ2v) is 3.84. The van der Waals surface area contributed by atoms with Gasteiger partial charge in [0.2, 0.25) is 0 Å². The first-order valence-electron chi connectivity index (χ1n) is 5.61. The molecule has 120 valence electrons. The molecule has 0 radical (unpaired) electrons. The molecule has 15 heteroatoms. The zero-order valence-corrected chi connectivity index (χ0v) is 11.4. The lowest BCUT2D eigenvalue weighted by molar-refractivity contribution is -0.814. The van der Waals surface area contributed by atoms with Crippen LogP contribution in [-0.2, 0) is 0 Å². The fourth-order valence-electron chi connectivity index (χ4n) is 2.09. The van der Waals surface area contributed by atoms with Crippen molar-refractivity contribution in [2.75, 3.05) is 21.1 Å². The van der Waals surface area contributed by atoms with Gasteiger partial charge in [0.1, 0.15) is 0 Å². The highest BCUT2D eigenvalue weighted by Crippen LogP contribution is 2.22. The second-order valence-electron chi connectivity index (χ2n) is 3.84. The maximum atomic E-state index is 11.2. The third kappa shape index (κ3) is 2.69. The molecular formula is C6H16N9O6+. The molecule has 0 aromatic carbocycles. The number of nitrogens with one attached hydrogen (secondary N) is 3. The molecule has 0 atom stereocenters. The Kier molecular flexibility index (Phi) is 4.95. The lowest BCUT2D eigenvalue weighted by Gasteiger charge is -2.43. The minimum absolute atomic E-state index is 0. The highest BCUT2D eigenvalue weighted by molar-refractivity contribution is 4.76. The number of nitro groups is 3. The third-order valence-corrected chi connectivity index (χ3v) is 2.84. The lowest BCUT2D eigenvalue weighted by Crippen LogP contribution is -2.81. The maximum Gasteiger partial charge on any atom is 1.00 e. The van der Waals surface area contributed by atoms with Gasteiger partial charge in [-0.15, -0.1) is 0 Å². The Bertz CT molecular complexity index is 365. The van der Waals surface area contributed by atoms with Crippen molar-refractivity contribution in [3.8, 4) is 0 Å². The van der Waals surface area contributed by atoms with Gasteiger partial charge in [-0.3, -0.25) is 16.0 Å². The SMILES string of the molecule is CNC1N([N+](=O)[O-])C(NC)N([N+](=O)[O-])C(NC)N1[N+](=O)[O-].[H+]. The highest BCUT2D eigenvalue weighted by atomic mass is 16.7. The smallest absolute Gasteiger partial charge is 0.274 e. The molecule has 1 fully saturated rings. The van der Waals surface area contributed by atoms with Crippen LogP contribution in [0.4, 0.5) is 0 Å². The van der Waals surface area contributed by atoms with Crippen LogP contribution in [0.15, 0.2) is 0 Å². The Morgan fingerprint density at radius 3 is 1.00 bits per heavy atom. The molecule has 1 saturated heterocycles. The number of hydrazine groups is 3. The molecule has 0 aromatic rings. The van der Waals surface area contributed by atoms with Crippen LogP contribution < -0.4 is 16.0 Å². The van der Waals surface area contributed by atoms with E-state index in [0.29, 0.717) is 15.0 Å². The minimum atomic E-state index is -1.51. The van der Waals surface area contributed by atoms with E-state index >= 15 is 0 Å². The molecule has 1 aliphatic heterocycles. The Morgan fingerprint density at radius 2 is 0.905 bits per heavy atom. The first-order chi connectivity index (χ1) is 9.81. The van der Waals surface area contributed by atoms with Gasteiger partial charge < -0.3 is 0 Å². The van der Waals surface area contributed by atoms with E-state index in [1.54, 1.807) is 0 Å². The molecule has 0 aliphatic carbocycles. The summed E-state index contributed by atoms with van der Waals surface area (Å²) in [7, 11) is 3.79. The number of hydrogen-bond donors (Lipinski definition) is 3. The Labute approximate surface area is 119 Å².